The van der Waals surface area contributed by atoms with E-state index in [-0.39, 0.29) is 10.8 Å². The first-order valence-corrected chi connectivity index (χ1v) is 9.54. The molecule has 0 aromatic heterocycles. The average molecular weight is 344 g/mol. The molecule has 0 fully saturated rings. The molecule has 0 saturated carbocycles. The lowest BCUT2D eigenvalue weighted by molar-refractivity contribution is 0.447. The second kappa shape index (κ2) is 6.72. The third-order valence-electron chi connectivity index (χ3n) is 4.16. The van der Waals surface area contributed by atoms with Crippen LogP contribution in [0.4, 0.5) is 11.4 Å². The summed E-state index contributed by atoms with van der Waals surface area (Å²) < 4.78 is 0. The molecule has 0 aliphatic rings. The van der Waals surface area contributed by atoms with Crippen molar-refractivity contribution in [2.24, 2.45) is 0 Å². The van der Waals surface area contributed by atoms with Gasteiger partial charge in [0, 0.05) is 10.5 Å². The summed E-state index contributed by atoms with van der Waals surface area (Å²) in [5.74, 6) is 0.339. The van der Waals surface area contributed by atoms with Gasteiger partial charge in [0.05, 0.1) is 11.4 Å². The largest absolute Gasteiger partial charge is 0.505 e. The van der Waals surface area contributed by atoms with Gasteiger partial charge >= 0.3 is 0 Å². The number of aromatic hydroxyl groups is 1. The molecule has 24 heavy (non-hydrogen) atoms. The number of anilines is 2. The number of para-hydroxylation sites is 1. The van der Waals surface area contributed by atoms with Crippen LogP contribution in [0.5, 0.6) is 5.75 Å². The number of phenolic OH excluding ortho intramolecular Hbond substituents is 1. The normalized spacial score (nSPS) is 12.3. The Balaban J connectivity index is 2.60. The quantitative estimate of drug-likeness (QED) is 0.496. The van der Waals surface area contributed by atoms with Crippen molar-refractivity contribution in [3.05, 3.63) is 47.5 Å². The Labute approximate surface area is 150 Å². The standard InChI is InChI=1S/C21H29NOS/c1-20(2,3)14-12-15(21(4,5)6)19(23)17(13-14)22-16-10-8-9-11-18(16)24-7/h8-13,22-23H,1-7H3. The summed E-state index contributed by atoms with van der Waals surface area (Å²) in [6.45, 7) is 13.0. The van der Waals surface area contributed by atoms with Crippen LogP contribution < -0.4 is 5.32 Å². The van der Waals surface area contributed by atoms with Crippen molar-refractivity contribution < 1.29 is 5.11 Å². The van der Waals surface area contributed by atoms with Gasteiger partial charge in [-0.3, -0.25) is 0 Å². The summed E-state index contributed by atoms with van der Waals surface area (Å²) in [6, 6.07) is 12.4. The van der Waals surface area contributed by atoms with Crippen LogP contribution in [-0.2, 0) is 10.8 Å². The Hall–Kier alpha value is -1.61. The predicted octanol–water partition coefficient (Wildman–Crippen LogP) is 6.45. The fraction of sp³-hybridized carbons (Fsp3) is 0.429. The minimum atomic E-state index is -0.124. The van der Waals surface area contributed by atoms with Gasteiger partial charge in [-0.05, 0) is 40.8 Å². The topological polar surface area (TPSA) is 32.3 Å². The minimum absolute atomic E-state index is 0.0170. The first kappa shape index (κ1) is 18.7. The van der Waals surface area contributed by atoms with Crippen molar-refractivity contribution in [3.63, 3.8) is 0 Å². The van der Waals surface area contributed by atoms with E-state index in [1.54, 1.807) is 11.8 Å². The zero-order valence-electron chi connectivity index (χ0n) is 15.8. The first-order chi connectivity index (χ1) is 11.0. The van der Waals surface area contributed by atoms with Gasteiger partial charge in [0.15, 0.2) is 0 Å². The highest BCUT2D eigenvalue weighted by molar-refractivity contribution is 7.98. The van der Waals surface area contributed by atoms with E-state index < -0.39 is 0 Å². The molecular formula is C21H29NOS. The highest BCUT2D eigenvalue weighted by Crippen LogP contribution is 2.42. The molecule has 2 aromatic rings. The molecule has 0 spiro atoms. The Kier molecular flexibility index (Phi) is 5.24. The van der Waals surface area contributed by atoms with Gasteiger partial charge in [-0.2, -0.15) is 0 Å². The molecule has 0 aliphatic heterocycles. The maximum Gasteiger partial charge on any atom is 0.142 e. The van der Waals surface area contributed by atoms with E-state index in [0.717, 1.165) is 21.8 Å². The third-order valence-corrected chi connectivity index (χ3v) is 4.96. The van der Waals surface area contributed by atoms with E-state index in [4.69, 9.17) is 0 Å². The zero-order valence-corrected chi connectivity index (χ0v) is 16.6. The third kappa shape index (κ3) is 4.07. The maximum atomic E-state index is 10.9. The van der Waals surface area contributed by atoms with Crippen LogP contribution in [0, 0.1) is 0 Å². The summed E-state index contributed by atoms with van der Waals surface area (Å²) in [5.41, 5.74) is 3.87. The molecule has 0 radical (unpaired) electrons. The summed E-state index contributed by atoms with van der Waals surface area (Å²) in [6.07, 6.45) is 2.06. The van der Waals surface area contributed by atoms with E-state index in [2.05, 4.69) is 71.3 Å². The SMILES string of the molecule is CSc1ccccc1Nc1cc(C(C)(C)C)cc(C(C)(C)C)c1O. The fourth-order valence-corrected chi connectivity index (χ4v) is 3.18. The van der Waals surface area contributed by atoms with Crippen molar-refractivity contribution in [2.75, 3.05) is 11.6 Å². The van der Waals surface area contributed by atoms with E-state index >= 15 is 0 Å². The lowest BCUT2D eigenvalue weighted by Gasteiger charge is -2.28. The number of rotatable bonds is 3. The first-order valence-electron chi connectivity index (χ1n) is 8.32. The molecule has 0 saturated heterocycles. The van der Waals surface area contributed by atoms with Crippen molar-refractivity contribution in [1.82, 2.24) is 0 Å². The Morgan fingerprint density at radius 1 is 0.875 bits per heavy atom. The van der Waals surface area contributed by atoms with E-state index in [9.17, 15) is 5.11 Å². The summed E-state index contributed by atoms with van der Waals surface area (Å²) >= 11 is 1.70. The van der Waals surface area contributed by atoms with Crippen molar-refractivity contribution in [2.45, 2.75) is 57.3 Å². The van der Waals surface area contributed by atoms with Gasteiger partial charge in [0.25, 0.3) is 0 Å². The van der Waals surface area contributed by atoms with Gasteiger partial charge in [0.2, 0.25) is 0 Å². The number of phenols is 1. The second-order valence-electron chi connectivity index (χ2n) is 8.25. The van der Waals surface area contributed by atoms with Gasteiger partial charge in [-0.25, -0.2) is 0 Å². The van der Waals surface area contributed by atoms with Crippen molar-refractivity contribution >= 4 is 23.1 Å². The van der Waals surface area contributed by atoms with Gasteiger partial charge in [-0.1, -0.05) is 59.7 Å². The monoisotopic (exact) mass is 343 g/mol. The summed E-state index contributed by atoms with van der Waals surface area (Å²) in [5, 5.41) is 14.3. The van der Waals surface area contributed by atoms with Crippen LogP contribution in [0.15, 0.2) is 41.3 Å². The van der Waals surface area contributed by atoms with E-state index in [1.807, 2.05) is 18.2 Å². The number of benzene rings is 2. The van der Waals surface area contributed by atoms with Crippen LogP contribution in [0.2, 0.25) is 0 Å². The molecular weight excluding hydrogens is 314 g/mol. The smallest absolute Gasteiger partial charge is 0.142 e. The minimum Gasteiger partial charge on any atom is -0.505 e. The lowest BCUT2D eigenvalue weighted by Crippen LogP contribution is -2.17. The Morgan fingerprint density at radius 2 is 1.50 bits per heavy atom. The van der Waals surface area contributed by atoms with Gasteiger partial charge < -0.3 is 10.4 Å². The number of hydrogen-bond acceptors (Lipinski definition) is 3. The average Bonchev–Trinajstić information content (AvgIpc) is 2.47. The molecule has 0 heterocycles. The second-order valence-corrected chi connectivity index (χ2v) is 9.09. The Bertz CT molecular complexity index is 724. The Morgan fingerprint density at radius 3 is 2.04 bits per heavy atom. The molecule has 130 valence electrons. The molecule has 0 atom stereocenters. The number of thioether (sulfide) groups is 1. The zero-order chi connectivity index (χ0) is 18.1. The molecule has 2 rings (SSSR count). The van der Waals surface area contributed by atoms with Crippen molar-refractivity contribution in [1.29, 1.82) is 0 Å². The van der Waals surface area contributed by atoms with Gasteiger partial charge in [-0.15, -0.1) is 11.8 Å². The van der Waals surface area contributed by atoms with Crippen LogP contribution in [0.1, 0.15) is 52.7 Å². The van der Waals surface area contributed by atoms with Crippen LogP contribution in [0.3, 0.4) is 0 Å². The molecule has 2 nitrogen and oxygen atoms in total. The predicted molar refractivity (Wildman–Crippen MR) is 107 cm³/mol. The summed E-state index contributed by atoms with van der Waals surface area (Å²) in [4.78, 5) is 1.16. The van der Waals surface area contributed by atoms with Crippen molar-refractivity contribution in [3.8, 4) is 5.75 Å². The fourth-order valence-electron chi connectivity index (χ4n) is 2.63. The lowest BCUT2D eigenvalue weighted by atomic mass is 9.79. The highest BCUT2D eigenvalue weighted by Gasteiger charge is 2.25. The number of nitrogens with one attached hydrogen (secondary N) is 1. The molecule has 3 heteroatoms. The van der Waals surface area contributed by atoms with Crippen LogP contribution >= 0.6 is 11.8 Å². The molecule has 0 unspecified atom stereocenters. The molecule has 0 bridgehead atoms. The molecule has 0 aliphatic carbocycles. The van der Waals surface area contributed by atoms with Gasteiger partial charge in [0.1, 0.15) is 5.75 Å². The molecule has 0 amide bonds. The van der Waals surface area contributed by atoms with Crippen LogP contribution in [-0.4, -0.2) is 11.4 Å². The molecule has 2 N–H and O–H groups in total. The van der Waals surface area contributed by atoms with E-state index in [1.165, 1.54) is 5.56 Å². The van der Waals surface area contributed by atoms with Crippen LogP contribution in [0.25, 0.3) is 0 Å². The summed E-state index contributed by atoms with van der Waals surface area (Å²) in [7, 11) is 0. The maximum absolute atomic E-state index is 10.9. The highest BCUT2D eigenvalue weighted by atomic mass is 32.2. The molecule has 2 aromatic carbocycles. The number of hydrogen-bond donors (Lipinski definition) is 2. The van der Waals surface area contributed by atoms with E-state index in [0.29, 0.717) is 5.75 Å².